The molecule has 0 bridgehead atoms. The van der Waals surface area contributed by atoms with Crippen molar-refractivity contribution in [1.82, 2.24) is 14.8 Å². The van der Waals surface area contributed by atoms with Gasteiger partial charge in [0.15, 0.2) is 11.6 Å². The zero-order valence-electron chi connectivity index (χ0n) is 20.0. The van der Waals surface area contributed by atoms with E-state index in [1.807, 2.05) is 26.0 Å². The fourth-order valence-electron chi connectivity index (χ4n) is 3.83. The van der Waals surface area contributed by atoms with Crippen LogP contribution >= 0.6 is 0 Å². The van der Waals surface area contributed by atoms with Crippen LogP contribution < -0.4 is 10.1 Å². The molecule has 7 heteroatoms. The topological polar surface area (TPSA) is 92.8 Å². The van der Waals surface area contributed by atoms with Crippen molar-refractivity contribution in [3.05, 3.63) is 76.5 Å². The molecule has 2 heterocycles. The predicted octanol–water partition coefficient (Wildman–Crippen LogP) is 5.50. The molecule has 0 aliphatic heterocycles. The van der Waals surface area contributed by atoms with E-state index in [2.05, 4.69) is 49.4 Å². The molecule has 0 unspecified atom stereocenters. The lowest BCUT2D eigenvalue weighted by atomic mass is 10.0. The van der Waals surface area contributed by atoms with Gasteiger partial charge >= 0.3 is 0 Å². The molecule has 4 rings (SSSR count). The second-order valence-electron chi connectivity index (χ2n) is 8.89. The highest BCUT2D eigenvalue weighted by molar-refractivity contribution is 6.04. The second-order valence-corrected chi connectivity index (χ2v) is 8.89. The first kappa shape index (κ1) is 23.0. The number of nitrogens with zero attached hydrogens (tertiary/aromatic N) is 4. The van der Waals surface area contributed by atoms with E-state index in [1.54, 1.807) is 18.2 Å². The van der Waals surface area contributed by atoms with Gasteiger partial charge in [-0.05, 0) is 68.1 Å². The number of ether oxygens (including phenoxy) is 1. The molecule has 2 aromatic heterocycles. The van der Waals surface area contributed by atoms with Gasteiger partial charge in [0, 0.05) is 10.9 Å². The van der Waals surface area contributed by atoms with E-state index in [4.69, 9.17) is 9.72 Å². The number of aromatic nitrogens is 3. The van der Waals surface area contributed by atoms with Crippen LogP contribution in [0.25, 0.3) is 16.7 Å². The highest BCUT2D eigenvalue weighted by atomic mass is 16.5. The Balaban J connectivity index is 1.71. The Bertz CT molecular complexity index is 1430. The summed E-state index contributed by atoms with van der Waals surface area (Å²) in [6, 6.07) is 15.2. The zero-order chi connectivity index (χ0) is 24.4. The highest BCUT2D eigenvalue weighted by Gasteiger charge is 2.18. The Morgan fingerprint density at radius 1 is 1.15 bits per heavy atom. The van der Waals surface area contributed by atoms with E-state index in [-0.39, 0.29) is 17.3 Å². The van der Waals surface area contributed by atoms with Crippen molar-refractivity contribution < 1.29 is 9.53 Å². The number of nitriles is 1. The molecule has 1 amide bonds. The largest absolute Gasteiger partial charge is 0.493 e. The normalized spacial score (nSPS) is 11.0. The number of hydrogen-bond acceptors (Lipinski definition) is 5. The summed E-state index contributed by atoms with van der Waals surface area (Å²) in [5.74, 6) is 1.43. The quantitative estimate of drug-likeness (QED) is 0.416. The average molecular weight is 454 g/mol. The van der Waals surface area contributed by atoms with Gasteiger partial charge in [-0.25, -0.2) is 4.98 Å². The number of aryl methyl sites for hydroxylation is 3. The van der Waals surface area contributed by atoms with Gasteiger partial charge in [-0.15, -0.1) is 0 Å². The van der Waals surface area contributed by atoms with Crippen molar-refractivity contribution in [2.24, 2.45) is 5.92 Å². The first-order valence-corrected chi connectivity index (χ1v) is 11.2. The molecule has 0 saturated carbocycles. The molecule has 4 aromatic rings. The molecule has 0 fully saturated rings. The van der Waals surface area contributed by atoms with Crippen LogP contribution in [-0.4, -0.2) is 27.3 Å². The molecule has 0 radical (unpaired) electrons. The van der Waals surface area contributed by atoms with E-state index in [0.29, 0.717) is 29.7 Å². The average Bonchev–Trinajstić information content (AvgIpc) is 3.21. The number of anilines is 1. The van der Waals surface area contributed by atoms with Gasteiger partial charge in [-0.1, -0.05) is 31.5 Å². The Morgan fingerprint density at radius 3 is 2.68 bits per heavy atom. The molecule has 1 N–H and O–H groups in total. The van der Waals surface area contributed by atoms with Crippen LogP contribution in [0.5, 0.6) is 5.75 Å². The van der Waals surface area contributed by atoms with Gasteiger partial charge in [0.25, 0.3) is 5.91 Å². The Labute approximate surface area is 199 Å². The minimum Gasteiger partial charge on any atom is -0.493 e. The summed E-state index contributed by atoms with van der Waals surface area (Å²) in [6.45, 7) is 10.8. The maximum atomic E-state index is 13.1. The van der Waals surface area contributed by atoms with Crippen LogP contribution in [-0.2, 0) is 0 Å². The number of fused-ring (bicyclic) bond motifs is 1. The van der Waals surface area contributed by atoms with Gasteiger partial charge in [-0.2, -0.15) is 15.0 Å². The third-order valence-electron chi connectivity index (χ3n) is 5.46. The number of amides is 1. The molecule has 172 valence electrons. The summed E-state index contributed by atoms with van der Waals surface area (Å²) < 4.78 is 7.25. The Morgan fingerprint density at radius 2 is 1.94 bits per heavy atom. The molecule has 2 aromatic carbocycles. The first-order chi connectivity index (χ1) is 16.3. The van der Waals surface area contributed by atoms with Crippen molar-refractivity contribution in [2.75, 3.05) is 11.9 Å². The number of carbonyl (C=O) groups excluding carboxylic acids is 1. The number of rotatable bonds is 6. The summed E-state index contributed by atoms with van der Waals surface area (Å²) in [5.41, 5.74) is 4.79. The lowest BCUT2D eigenvalue weighted by Crippen LogP contribution is -2.17. The monoisotopic (exact) mass is 453 g/mol. The second kappa shape index (κ2) is 9.36. The molecule has 0 aliphatic carbocycles. The third kappa shape index (κ3) is 4.62. The van der Waals surface area contributed by atoms with Crippen LogP contribution in [0.3, 0.4) is 0 Å². The van der Waals surface area contributed by atoms with Crippen molar-refractivity contribution >= 4 is 22.6 Å². The third-order valence-corrected chi connectivity index (χ3v) is 5.46. The number of hydrogen-bond donors (Lipinski definition) is 1. The predicted molar refractivity (Wildman–Crippen MR) is 133 cm³/mol. The minimum absolute atomic E-state index is 0.251. The van der Waals surface area contributed by atoms with Crippen molar-refractivity contribution in [3.8, 4) is 17.6 Å². The minimum atomic E-state index is -0.363. The van der Waals surface area contributed by atoms with Crippen LogP contribution in [0.4, 0.5) is 5.82 Å². The number of pyridine rings is 1. The number of benzene rings is 2. The van der Waals surface area contributed by atoms with E-state index in [9.17, 15) is 10.1 Å². The summed E-state index contributed by atoms with van der Waals surface area (Å²) in [4.78, 5) is 17.9. The SMILES string of the molecule is Cc1cc(C)c2nc(-n3ncc(C#N)c3NC(=O)c3cccc(OCC(C)C)c3)cc(C)c2c1. The van der Waals surface area contributed by atoms with E-state index in [0.717, 1.165) is 22.0 Å². The van der Waals surface area contributed by atoms with E-state index in [1.165, 1.54) is 16.4 Å². The van der Waals surface area contributed by atoms with Crippen molar-refractivity contribution in [1.29, 1.82) is 5.26 Å². The summed E-state index contributed by atoms with van der Waals surface area (Å²) >= 11 is 0. The molecule has 0 atom stereocenters. The fourth-order valence-corrected chi connectivity index (χ4v) is 3.83. The Kier molecular flexibility index (Phi) is 6.33. The highest BCUT2D eigenvalue weighted by Crippen LogP contribution is 2.27. The standard InChI is InChI=1S/C27H27N5O2/c1-16(2)15-34-22-8-6-7-20(12-22)27(33)31-26-21(13-28)14-29-32(26)24-11-18(4)23-10-17(3)9-19(5)25(23)30-24/h6-12,14,16H,15H2,1-5H3,(H,31,33). The molecular formula is C27H27N5O2. The molecule has 7 nitrogen and oxygen atoms in total. The van der Waals surface area contributed by atoms with Crippen molar-refractivity contribution in [3.63, 3.8) is 0 Å². The maximum Gasteiger partial charge on any atom is 0.256 e. The molecular weight excluding hydrogens is 426 g/mol. The summed E-state index contributed by atoms with van der Waals surface area (Å²) in [6.07, 6.45) is 1.43. The van der Waals surface area contributed by atoms with Gasteiger partial charge in [0.1, 0.15) is 17.4 Å². The van der Waals surface area contributed by atoms with Crippen LogP contribution in [0, 0.1) is 38.0 Å². The van der Waals surface area contributed by atoms with Gasteiger partial charge in [0.2, 0.25) is 0 Å². The maximum absolute atomic E-state index is 13.1. The number of carbonyl (C=O) groups is 1. The lowest BCUT2D eigenvalue weighted by Gasteiger charge is -2.13. The van der Waals surface area contributed by atoms with Gasteiger partial charge < -0.3 is 10.1 Å². The van der Waals surface area contributed by atoms with Crippen LogP contribution in [0.1, 0.15) is 46.5 Å². The zero-order valence-corrected chi connectivity index (χ0v) is 20.0. The summed E-state index contributed by atoms with van der Waals surface area (Å²) in [5, 5.41) is 17.9. The molecule has 0 saturated heterocycles. The molecule has 0 spiro atoms. The van der Waals surface area contributed by atoms with Crippen LogP contribution in [0.15, 0.2) is 48.7 Å². The van der Waals surface area contributed by atoms with Crippen LogP contribution in [0.2, 0.25) is 0 Å². The van der Waals surface area contributed by atoms with Gasteiger partial charge in [-0.3, -0.25) is 4.79 Å². The molecule has 34 heavy (non-hydrogen) atoms. The summed E-state index contributed by atoms with van der Waals surface area (Å²) in [7, 11) is 0. The number of nitrogens with one attached hydrogen (secondary N) is 1. The fraction of sp³-hybridized carbons (Fsp3) is 0.259. The van der Waals surface area contributed by atoms with Gasteiger partial charge in [0.05, 0.1) is 18.3 Å². The van der Waals surface area contributed by atoms with E-state index < -0.39 is 0 Å². The molecule has 0 aliphatic rings. The smallest absolute Gasteiger partial charge is 0.256 e. The van der Waals surface area contributed by atoms with E-state index >= 15 is 0 Å². The Hall–Kier alpha value is -4.18. The van der Waals surface area contributed by atoms with Crippen molar-refractivity contribution in [2.45, 2.75) is 34.6 Å². The lowest BCUT2D eigenvalue weighted by molar-refractivity contribution is 0.102. The first-order valence-electron chi connectivity index (χ1n) is 11.2.